The third-order valence-corrected chi connectivity index (χ3v) is 11.1. The van der Waals surface area contributed by atoms with Crippen molar-refractivity contribution in [3.05, 3.63) is 141 Å². The van der Waals surface area contributed by atoms with Crippen molar-refractivity contribution in [2.24, 2.45) is 0 Å². The highest BCUT2D eigenvalue weighted by molar-refractivity contribution is 14.1. The van der Waals surface area contributed by atoms with Crippen molar-refractivity contribution in [2.75, 3.05) is 0 Å². The predicted molar refractivity (Wildman–Crippen MR) is 195 cm³/mol. The molecule has 2 nitrogen and oxygen atoms in total. The number of rotatable bonds is 0. The Bertz CT molecular complexity index is 2510. The standard InChI is InChI=1S/C21H15IO.C21H16O/c1-21(2)14-8-4-3-6-12(14)18-15(21)10-11-17-19(18)13-7-5-9-16(22)20(13)23-17;1-21(2)15-9-5-3-7-13(15)19-16(21)11-12-18-20(19)14-8-4-6-10-17(14)22-18/h3-11H,1-2H3;3-12H,1-2H3. The first-order valence-corrected chi connectivity index (χ1v) is 16.6. The SMILES string of the molecule is CC1(C)c2ccccc2-c2c1ccc1oc3c(I)cccc3c21.CC1(C)c2ccccc2-c2c1ccc1oc3ccccc3c21. The molecular formula is C42H31IO2. The molecule has 2 aliphatic carbocycles. The van der Waals surface area contributed by atoms with E-state index in [0.29, 0.717) is 0 Å². The summed E-state index contributed by atoms with van der Waals surface area (Å²) in [4.78, 5) is 0. The lowest BCUT2D eigenvalue weighted by Gasteiger charge is -2.21. The Balaban J connectivity index is 0.000000125. The number of hydrogen-bond acceptors (Lipinski definition) is 2. The molecule has 2 heterocycles. The number of fused-ring (bicyclic) bond motifs is 14. The quantitative estimate of drug-likeness (QED) is 0.148. The molecule has 0 saturated heterocycles. The van der Waals surface area contributed by atoms with Crippen LogP contribution in [0.5, 0.6) is 0 Å². The zero-order valence-corrected chi connectivity index (χ0v) is 27.8. The van der Waals surface area contributed by atoms with Crippen LogP contribution in [0.3, 0.4) is 0 Å². The molecule has 0 fully saturated rings. The Morgan fingerprint density at radius 3 is 1.60 bits per heavy atom. The molecule has 10 rings (SSSR count). The minimum absolute atomic E-state index is 0.0334. The van der Waals surface area contributed by atoms with Crippen LogP contribution < -0.4 is 0 Å². The van der Waals surface area contributed by atoms with Gasteiger partial charge in [-0.15, -0.1) is 0 Å². The molecule has 0 amide bonds. The maximum absolute atomic E-state index is 6.18. The van der Waals surface area contributed by atoms with E-state index in [0.717, 1.165) is 25.9 Å². The van der Waals surface area contributed by atoms with Crippen LogP contribution in [0.15, 0.2) is 124 Å². The summed E-state index contributed by atoms with van der Waals surface area (Å²) < 4.78 is 13.4. The average Bonchev–Trinajstić information content (AvgIpc) is 3.75. The lowest BCUT2D eigenvalue weighted by Crippen LogP contribution is -2.14. The van der Waals surface area contributed by atoms with Gasteiger partial charge in [-0.2, -0.15) is 0 Å². The lowest BCUT2D eigenvalue weighted by molar-refractivity contribution is 0.655. The first kappa shape index (κ1) is 27.0. The molecule has 0 saturated carbocycles. The fourth-order valence-corrected chi connectivity index (χ4v) is 8.66. The average molecular weight is 695 g/mol. The van der Waals surface area contributed by atoms with Crippen molar-refractivity contribution in [1.29, 1.82) is 0 Å². The number of hydrogen-bond donors (Lipinski definition) is 0. The smallest absolute Gasteiger partial charge is 0.148 e. The second kappa shape index (κ2) is 9.34. The van der Waals surface area contributed by atoms with Gasteiger partial charge in [0, 0.05) is 32.4 Å². The molecule has 0 spiro atoms. The van der Waals surface area contributed by atoms with Gasteiger partial charge in [0.2, 0.25) is 0 Å². The Morgan fingerprint density at radius 1 is 0.444 bits per heavy atom. The van der Waals surface area contributed by atoms with E-state index in [-0.39, 0.29) is 10.8 Å². The molecule has 45 heavy (non-hydrogen) atoms. The zero-order chi connectivity index (χ0) is 30.7. The Kier molecular flexibility index (Phi) is 5.60. The highest BCUT2D eigenvalue weighted by Gasteiger charge is 2.38. The van der Waals surface area contributed by atoms with Crippen molar-refractivity contribution in [2.45, 2.75) is 38.5 Å². The number of para-hydroxylation sites is 2. The summed E-state index contributed by atoms with van der Waals surface area (Å²) >= 11 is 2.35. The third-order valence-electron chi connectivity index (χ3n) is 10.2. The summed E-state index contributed by atoms with van der Waals surface area (Å²) in [6.45, 7) is 9.25. The van der Waals surface area contributed by atoms with E-state index < -0.39 is 0 Å². The van der Waals surface area contributed by atoms with Gasteiger partial charge in [-0.3, -0.25) is 0 Å². The molecular weight excluding hydrogens is 663 g/mol. The second-order valence-electron chi connectivity index (χ2n) is 13.4. The molecule has 218 valence electrons. The summed E-state index contributed by atoms with van der Waals surface area (Å²) in [6, 6.07) is 41.0. The van der Waals surface area contributed by atoms with E-state index in [1.54, 1.807) is 0 Å². The molecule has 3 heteroatoms. The monoisotopic (exact) mass is 694 g/mol. The van der Waals surface area contributed by atoms with Crippen LogP contribution in [-0.4, -0.2) is 0 Å². The van der Waals surface area contributed by atoms with Crippen LogP contribution in [0, 0.1) is 3.57 Å². The molecule has 0 N–H and O–H groups in total. The van der Waals surface area contributed by atoms with Gasteiger partial charge in [0.15, 0.2) is 0 Å². The fourth-order valence-electron chi connectivity index (χ4n) is 8.06. The number of halogens is 1. The van der Waals surface area contributed by atoms with Gasteiger partial charge >= 0.3 is 0 Å². The predicted octanol–water partition coefficient (Wildman–Crippen LogP) is 12.4. The number of furan rings is 2. The summed E-state index contributed by atoms with van der Waals surface area (Å²) in [5.74, 6) is 0. The Labute approximate surface area is 275 Å². The van der Waals surface area contributed by atoms with Crippen LogP contribution in [0.2, 0.25) is 0 Å². The molecule has 0 unspecified atom stereocenters. The fraction of sp³-hybridized carbons (Fsp3) is 0.143. The van der Waals surface area contributed by atoms with Crippen LogP contribution in [-0.2, 0) is 10.8 Å². The summed E-state index contributed by atoms with van der Waals surface area (Å²) in [5.41, 5.74) is 15.0. The van der Waals surface area contributed by atoms with E-state index >= 15 is 0 Å². The summed E-state index contributed by atoms with van der Waals surface area (Å²) in [7, 11) is 0. The third kappa shape index (κ3) is 3.62. The maximum Gasteiger partial charge on any atom is 0.148 e. The van der Waals surface area contributed by atoms with E-state index in [4.69, 9.17) is 8.83 Å². The van der Waals surface area contributed by atoms with E-state index in [1.165, 1.54) is 66.1 Å². The van der Waals surface area contributed by atoms with Gasteiger partial charge in [-0.25, -0.2) is 0 Å². The molecule has 0 radical (unpaired) electrons. The Hall–Kier alpha value is -4.35. The van der Waals surface area contributed by atoms with Crippen LogP contribution in [0.25, 0.3) is 66.1 Å². The lowest BCUT2D eigenvalue weighted by atomic mass is 9.82. The normalized spacial score (nSPS) is 15.1. The highest BCUT2D eigenvalue weighted by Crippen LogP contribution is 2.54. The molecule has 2 aromatic heterocycles. The van der Waals surface area contributed by atoms with Gasteiger partial charge in [-0.1, -0.05) is 119 Å². The molecule has 0 aliphatic heterocycles. The number of benzene rings is 6. The van der Waals surface area contributed by atoms with Crippen molar-refractivity contribution in [3.63, 3.8) is 0 Å². The van der Waals surface area contributed by atoms with Crippen LogP contribution >= 0.6 is 22.6 Å². The van der Waals surface area contributed by atoms with E-state index in [2.05, 4.69) is 153 Å². The summed E-state index contributed by atoms with van der Waals surface area (Å²) in [6.07, 6.45) is 0. The Morgan fingerprint density at radius 2 is 0.956 bits per heavy atom. The van der Waals surface area contributed by atoms with Crippen molar-refractivity contribution >= 4 is 66.5 Å². The first-order chi connectivity index (χ1) is 21.8. The minimum Gasteiger partial charge on any atom is -0.456 e. The zero-order valence-electron chi connectivity index (χ0n) is 25.7. The van der Waals surface area contributed by atoms with Crippen molar-refractivity contribution in [1.82, 2.24) is 0 Å². The molecule has 0 atom stereocenters. The first-order valence-electron chi connectivity index (χ1n) is 15.6. The second-order valence-corrected chi connectivity index (χ2v) is 14.5. The molecule has 2 aliphatic rings. The minimum atomic E-state index is 0.0334. The van der Waals surface area contributed by atoms with E-state index in [9.17, 15) is 0 Å². The van der Waals surface area contributed by atoms with Crippen molar-refractivity contribution < 1.29 is 8.83 Å². The highest BCUT2D eigenvalue weighted by atomic mass is 127. The van der Waals surface area contributed by atoms with Crippen LogP contribution in [0.4, 0.5) is 0 Å². The molecule has 6 aromatic carbocycles. The van der Waals surface area contributed by atoms with E-state index in [1.807, 2.05) is 12.1 Å². The molecule has 0 bridgehead atoms. The maximum atomic E-state index is 6.18. The van der Waals surface area contributed by atoms with Gasteiger partial charge in [0.1, 0.15) is 22.3 Å². The summed E-state index contributed by atoms with van der Waals surface area (Å²) in [5, 5.41) is 4.94. The largest absolute Gasteiger partial charge is 0.456 e. The van der Waals surface area contributed by atoms with Crippen LogP contribution in [0.1, 0.15) is 49.9 Å². The molecule has 8 aromatic rings. The van der Waals surface area contributed by atoms with Gasteiger partial charge in [0.05, 0.1) is 3.57 Å². The topological polar surface area (TPSA) is 26.3 Å². The van der Waals surface area contributed by atoms with Gasteiger partial charge in [0.25, 0.3) is 0 Å². The van der Waals surface area contributed by atoms with Crippen molar-refractivity contribution in [3.8, 4) is 22.3 Å². The van der Waals surface area contributed by atoms with Gasteiger partial charge in [-0.05, 0) is 91.4 Å². The van der Waals surface area contributed by atoms with Gasteiger partial charge < -0.3 is 8.83 Å².